The van der Waals surface area contributed by atoms with Gasteiger partial charge in [0.15, 0.2) is 33.7 Å². The predicted octanol–water partition coefficient (Wildman–Crippen LogP) is 5.42. The average Bonchev–Trinajstić information content (AvgIpc) is 3.84. The van der Waals surface area contributed by atoms with Crippen LogP contribution in [0.5, 0.6) is 17.2 Å². The Balaban J connectivity index is 1.60. The Morgan fingerprint density at radius 1 is 1.04 bits per heavy atom. The van der Waals surface area contributed by atoms with Crippen molar-refractivity contribution in [2.45, 2.75) is 43.3 Å². The van der Waals surface area contributed by atoms with Gasteiger partial charge in [0.2, 0.25) is 0 Å². The lowest BCUT2D eigenvalue weighted by atomic mass is 10.0. The minimum Gasteiger partial charge on any atom is -0.619 e. The van der Waals surface area contributed by atoms with Gasteiger partial charge in [-0.1, -0.05) is 29.3 Å². The maximum Gasteiger partial charge on any atom is 0.387 e. The number of hydrogen-bond acceptors (Lipinski definition) is 9. The lowest BCUT2D eigenvalue weighted by Gasteiger charge is -2.21. The Bertz CT molecular complexity index is 1710. The van der Waals surface area contributed by atoms with E-state index in [-0.39, 0.29) is 67.8 Å². The molecule has 3 aromatic rings. The molecular formula is C31H32Cl2F2N2O9S. The number of hydrogen-bond donors (Lipinski definition) is 0. The van der Waals surface area contributed by atoms with Gasteiger partial charge in [0.1, 0.15) is 21.9 Å². The van der Waals surface area contributed by atoms with Gasteiger partial charge in [-0.15, -0.1) is 0 Å². The number of carbonyl (C=O) groups excluding carboxylic acids is 2. The van der Waals surface area contributed by atoms with Gasteiger partial charge in [-0.3, -0.25) is 9.59 Å². The molecule has 1 fully saturated rings. The lowest BCUT2D eigenvalue weighted by molar-refractivity contribution is -0.605. The summed E-state index contributed by atoms with van der Waals surface area (Å²) in [5.74, 6) is -1.85. The molecule has 4 rings (SSSR count). The molecule has 1 saturated carbocycles. The van der Waals surface area contributed by atoms with Crippen LogP contribution in [0, 0.1) is 11.1 Å². The van der Waals surface area contributed by atoms with Crippen LogP contribution in [0.2, 0.25) is 10.0 Å². The minimum absolute atomic E-state index is 0.0106. The number of halogens is 4. The zero-order chi connectivity index (χ0) is 34.5. The topological polar surface area (TPSA) is 135 Å². The second kappa shape index (κ2) is 15.3. The van der Waals surface area contributed by atoms with Crippen molar-refractivity contribution in [3.05, 3.63) is 80.7 Å². The van der Waals surface area contributed by atoms with E-state index in [4.69, 9.17) is 37.4 Å². The first kappa shape index (κ1) is 36.0. The molecule has 1 heterocycles. The molecule has 47 heavy (non-hydrogen) atoms. The van der Waals surface area contributed by atoms with Crippen LogP contribution in [-0.4, -0.2) is 65.4 Å². The molecular weight excluding hydrogens is 685 g/mol. The number of ether oxygens (including phenoxy) is 4. The smallest absolute Gasteiger partial charge is 0.387 e. The van der Waals surface area contributed by atoms with Crippen molar-refractivity contribution in [3.63, 3.8) is 0 Å². The Kier molecular flexibility index (Phi) is 11.7. The van der Waals surface area contributed by atoms with Crippen molar-refractivity contribution >= 4 is 44.9 Å². The minimum atomic E-state index is -4.09. The number of rotatable bonds is 15. The van der Waals surface area contributed by atoms with E-state index in [1.54, 1.807) is 0 Å². The first-order valence-corrected chi connectivity index (χ1v) is 16.7. The quantitative estimate of drug-likeness (QED) is 0.115. The van der Waals surface area contributed by atoms with Gasteiger partial charge in [-0.2, -0.15) is 13.5 Å². The fraction of sp³-hybridized carbons (Fsp3) is 0.387. The molecule has 0 aliphatic heterocycles. The molecule has 0 bridgehead atoms. The Morgan fingerprint density at radius 3 is 2.30 bits per heavy atom. The van der Waals surface area contributed by atoms with Crippen LogP contribution in [0.4, 0.5) is 8.78 Å². The van der Waals surface area contributed by atoms with Crippen molar-refractivity contribution < 1.29 is 50.5 Å². The molecule has 254 valence electrons. The molecule has 1 aromatic heterocycles. The van der Waals surface area contributed by atoms with Gasteiger partial charge in [-0.25, -0.2) is 8.42 Å². The highest BCUT2D eigenvalue weighted by Gasteiger charge is 2.28. The van der Waals surface area contributed by atoms with E-state index in [0.29, 0.717) is 4.73 Å². The Labute approximate surface area is 280 Å². The highest BCUT2D eigenvalue weighted by atomic mass is 35.5. The van der Waals surface area contributed by atoms with Gasteiger partial charge in [-0.05, 0) is 54.7 Å². The third-order valence-electron chi connectivity index (χ3n) is 7.19. The van der Waals surface area contributed by atoms with Crippen LogP contribution in [0.1, 0.15) is 46.9 Å². The fourth-order valence-electron chi connectivity index (χ4n) is 4.50. The van der Waals surface area contributed by atoms with Crippen LogP contribution in [0.3, 0.4) is 0 Å². The van der Waals surface area contributed by atoms with Crippen molar-refractivity contribution in [2.24, 2.45) is 5.92 Å². The van der Waals surface area contributed by atoms with Gasteiger partial charge in [0.05, 0.1) is 36.3 Å². The second-order valence-electron chi connectivity index (χ2n) is 10.9. The first-order chi connectivity index (χ1) is 22.2. The fourth-order valence-corrected chi connectivity index (χ4v) is 6.35. The van der Waals surface area contributed by atoms with E-state index in [1.165, 1.54) is 62.5 Å². The van der Waals surface area contributed by atoms with E-state index in [9.17, 15) is 32.0 Å². The number of esters is 1. The molecule has 0 unspecified atom stereocenters. The van der Waals surface area contributed by atoms with E-state index in [2.05, 4.69) is 4.74 Å². The molecule has 2 aromatic carbocycles. The summed E-state index contributed by atoms with van der Waals surface area (Å²) >= 11 is 12.6. The summed E-state index contributed by atoms with van der Waals surface area (Å²) in [6, 6.07) is 7.80. The number of carbonyl (C=O) groups is 2. The number of methoxy groups -OCH3 is 1. The number of amides is 1. The molecule has 1 atom stereocenters. The van der Waals surface area contributed by atoms with Gasteiger partial charge >= 0.3 is 12.6 Å². The third kappa shape index (κ3) is 9.58. The van der Waals surface area contributed by atoms with Crippen LogP contribution in [-0.2, 0) is 25.8 Å². The predicted molar refractivity (Wildman–Crippen MR) is 167 cm³/mol. The standard InChI is InChI=1S/C31H32Cl2F2N2O9S/c1-36(2)30(39)22-13-20(7-9-25(22)43-3)47(41,42)11-10-29(38)45-27(14-21-23(32)15-37(40)16-24(21)33)19-6-8-26(46-31(34)35)28(12-19)44-17-18-4-5-18/h6-9,12-13,15-16,18,27,31H,4-5,10-11,14,17H2,1-3H3/t27-/m0/s1. The van der Waals surface area contributed by atoms with Gasteiger partial charge in [0, 0.05) is 26.1 Å². The number of alkyl halides is 2. The van der Waals surface area contributed by atoms with E-state index in [1.807, 2.05) is 0 Å². The largest absolute Gasteiger partial charge is 0.619 e. The first-order valence-electron chi connectivity index (χ1n) is 14.3. The molecule has 0 N–H and O–H groups in total. The molecule has 1 aliphatic rings. The van der Waals surface area contributed by atoms with E-state index in [0.717, 1.165) is 25.2 Å². The molecule has 1 aliphatic carbocycles. The SMILES string of the molecule is COc1ccc(S(=O)(=O)CCC(=O)O[C@@H](Cc2c(Cl)c[n+]([O-])cc2Cl)c2ccc(OC(F)F)c(OCC3CC3)c2)cc1C(=O)N(C)C. The second-order valence-corrected chi connectivity index (χ2v) is 13.9. The normalized spacial score (nSPS) is 13.6. The van der Waals surface area contributed by atoms with Crippen molar-refractivity contribution in [1.29, 1.82) is 0 Å². The van der Waals surface area contributed by atoms with Crippen LogP contribution in [0.25, 0.3) is 0 Å². The Morgan fingerprint density at radius 2 is 1.70 bits per heavy atom. The maximum atomic E-state index is 13.2. The van der Waals surface area contributed by atoms with E-state index < -0.39 is 46.6 Å². The van der Waals surface area contributed by atoms with Crippen LogP contribution >= 0.6 is 23.2 Å². The monoisotopic (exact) mass is 716 g/mol. The average molecular weight is 718 g/mol. The zero-order valence-electron chi connectivity index (χ0n) is 25.6. The summed E-state index contributed by atoms with van der Waals surface area (Å²) in [5.41, 5.74) is 0.549. The van der Waals surface area contributed by atoms with Crippen molar-refractivity contribution in [2.75, 3.05) is 33.6 Å². The van der Waals surface area contributed by atoms with Gasteiger partial charge in [0.25, 0.3) is 5.91 Å². The summed E-state index contributed by atoms with van der Waals surface area (Å²) in [7, 11) is 0.268. The third-order valence-corrected chi connectivity index (χ3v) is 9.55. The van der Waals surface area contributed by atoms with Crippen LogP contribution in [0.15, 0.2) is 53.7 Å². The number of nitrogens with zero attached hydrogens (tertiary/aromatic N) is 2. The summed E-state index contributed by atoms with van der Waals surface area (Å²) in [4.78, 5) is 26.8. The molecule has 16 heteroatoms. The highest BCUT2D eigenvalue weighted by molar-refractivity contribution is 7.91. The lowest BCUT2D eigenvalue weighted by Crippen LogP contribution is -2.26. The summed E-state index contributed by atoms with van der Waals surface area (Å²) in [6.07, 6.45) is 2.06. The number of benzene rings is 2. The molecule has 0 spiro atoms. The molecule has 1 amide bonds. The van der Waals surface area contributed by atoms with Gasteiger partial charge < -0.3 is 29.1 Å². The highest BCUT2D eigenvalue weighted by Crippen LogP contribution is 2.38. The zero-order valence-corrected chi connectivity index (χ0v) is 27.9. The summed E-state index contributed by atoms with van der Waals surface area (Å²) < 4.78 is 74.4. The van der Waals surface area contributed by atoms with Crippen LogP contribution < -0.4 is 18.9 Å². The summed E-state index contributed by atoms with van der Waals surface area (Å²) in [6.45, 7) is -2.86. The molecule has 0 radical (unpaired) electrons. The molecule has 0 saturated heterocycles. The Hall–Kier alpha value is -3.88. The number of aromatic nitrogens is 1. The molecule has 11 nitrogen and oxygen atoms in total. The van der Waals surface area contributed by atoms with E-state index >= 15 is 0 Å². The number of sulfone groups is 1. The number of pyridine rings is 1. The maximum absolute atomic E-state index is 13.2. The van der Waals surface area contributed by atoms with Crippen molar-refractivity contribution in [1.82, 2.24) is 4.90 Å². The summed E-state index contributed by atoms with van der Waals surface area (Å²) in [5, 5.41) is 11.8. The van der Waals surface area contributed by atoms with Crippen molar-refractivity contribution in [3.8, 4) is 17.2 Å².